The van der Waals surface area contributed by atoms with Crippen LogP contribution in [0.1, 0.15) is 18.1 Å². The van der Waals surface area contributed by atoms with Crippen molar-refractivity contribution < 1.29 is 0 Å². The molecular weight excluding hydrogens is 219 g/mol. The standard InChI is InChI=1S/C10H14Cl2Si/c1-8-5-3-4-6-10(8)7-9(2)13(11)12/h3-6,9,13H,7H2,1-2H3. The van der Waals surface area contributed by atoms with Crippen LogP contribution in [0.25, 0.3) is 0 Å². The normalized spacial score (nSPS) is 13.3. The summed E-state index contributed by atoms with van der Waals surface area (Å²) in [7, 11) is -1.51. The second-order valence-electron chi connectivity index (χ2n) is 3.44. The fourth-order valence-electron chi connectivity index (χ4n) is 1.28. The van der Waals surface area contributed by atoms with Crippen LogP contribution in [0.3, 0.4) is 0 Å². The van der Waals surface area contributed by atoms with Crippen LogP contribution in [-0.4, -0.2) is 7.42 Å². The lowest BCUT2D eigenvalue weighted by Gasteiger charge is -2.12. The highest BCUT2D eigenvalue weighted by Gasteiger charge is 2.14. The van der Waals surface area contributed by atoms with E-state index in [2.05, 4.69) is 38.1 Å². The smallest absolute Gasteiger partial charge is 0.150 e. The van der Waals surface area contributed by atoms with Gasteiger partial charge in [-0.1, -0.05) is 31.2 Å². The number of halogens is 2. The Labute approximate surface area is 90.9 Å². The fourth-order valence-corrected chi connectivity index (χ4v) is 2.24. The van der Waals surface area contributed by atoms with Crippen LogP contribution >= 0.6 is 22.2 Å². The third kappa shape index (κ3) is 3.33. The molecule has 0 heterocycles. The van der Waals surface area contributed by atoms with E-state index in [0.717, 1.165) is 6.42 Å². The zero-order chi connectivity index (χ0) is 9.84. The fraction of sp³-hybridized carbons (Fsp3) is 0.400. The maximum Gasteiger partial charge on any atom is 0.240 e. The molecule has 13 heavy (non-hydrogen) atoms. The first-order valence-corrected chi connectivity index (χ1v) is 8.59. The van der Waals surface area contributed by atoms with Gasteiger partial charge in [-0.05, 0) is 30.0 Å². The van der Waals surface area contributed by atoms with E-state index >= 15 is 0 Å². The minimum Gasteiger partial charge on any atom is -0.150 e. The van der Waals surface area contributed by atoms with Gasteiger partial charge in [0.15, 0.2) is 0 Å². The summed E-state index contributed by atoms with van der Waals surface area (Å²) in [5, 5.41) is 0. The van der Waals surface area contributed by atoms with Crippen LogP contribution < -0.4 is 0 Å². The molecule has 0 aliphatic carbocycles. The number of hydrogen-bond acceptors (Lipinski definition) is 0. The molecule has 0 aliphatic heterocycles. The lowest BCUT2D eigenvalue weighted by atomic mass is 10.0. The Kier molecular flexibility index (Phi) is 4.30. The summed E-state index contributed by atoms with van der Waals surface area (Å²) in [5.41, 5.74) is 3.15. The average Bonchev–Trinajstić information content (AvgIpc) is 2.08. The molecule has 1 aromatic rings. The van der Waals surface area contributed by atoms with E-state index in [1.54, 1.807) is 0 Å². The molecule has 0 amide bonds. The zero-order valence-electron chi connectivity index (χ0n) is 7.93. The van der Waals surface area contributed by atoms with Crippen molar-refractivity contribution in [3.8, 4) is 0 Å². The third-order valence-corrected chi connectivity index (χ3v) is 5.91. The maximum absolute atomic E-state index is 5.93. The minimum atomic E-state index is -1.51. The molecule has 0 radical (unpaired) electrons. The van der Waals surface area contributed by atoms with E-state index in [4.69, 9.17) is 22.2 Å². The number of benzene rings is 1. The highest BCUT2D eigenvalue weighted by Crippen LogP contribution is 2.22. The van der Waals surface area contributed by atoms with Crippen molar-refractivity contribution in [2.24, 2.45) is 0 Å². The second-order valence-corrected chi connectivity index (χ2v) is 8.74. The molecule has 0 aliphatic rings. The summed E-state index contributed by atoms with van der Waals surface area (Å²) in [6.45, 7) is 4.25. The van der Waals surface area contributed by atoms with Crippen LogP contribution in [0, 0.1) is 6.92 Å². The molecule has 0 aromatic heterocycles. The summed E-state index contributed by atoms with van der Waals surface area (Å²) in [6.07, 6.45) is 1.01. The van der Waals surface area contributed by atoms with Crippen molar-refractivity contribution in [3.63, 3.8) is 0 Å². The number of rotatable bonds is 3. The van der Waals surface area contributed by atoms with Gasteiger partial charge in [0, 0.05) is 0 Å². The molecule has 1 atom stereocenters. The molecule has 0 fully saturated rings. The SMILES string of the molecule is Cc1ccccc1CC(C)[SiH](Cl)Cl. The van der Waals surface area contributed by atoms with Crippen molar-refractivity contribution in [1.82, 2.24) is 0 Å². The highest BCUT2D eigenvalue weighted by molar-refractivity contribution is 7.34. The van der Waals surface area contributed by atoms with E-state index in [9.17, 15) is 0 Å². The van der Waals surface area contributed by atoms with Crippen LogP contribution in [0.4, 0.5) is 0 Å². The molecule has 0 spiro atoms. The van der Waals surface area contributed by atoms with Crippen LogP contribution in [0.15, 0.2) is 24.3 Å². The Hall–Kier alpha value is 0.0169. The monoisotopic (exact) mass is 232 g/mol. The summed E-state index contributed by atoms with van der Waals surface area (Å²) >= 11 is 11.9. The van der Waals surface area contributed by atoms with Crippen molar-refractivity contribution >= 4 is 29.6 Å². The molecule has 0 saturated heterocycles. The van der Waals surface area contributed by atoms with Crippen molar-refractivity contribution in [3.05, 3.63) is 35.4 Å². The van der Waals surface area contributed by atoms with Gasteiger partial charge < -0.3 is 0 Å². The lowest BCUT2D eigenvalue weighted by Crippen LogP contribution is -2.07. The molecule has 72 valence electrons. The number of aryl methyl sites for hydroxylation is 1. The Balaban J connectivity index is 2.69. The van der Waals surface area contributed by atoms with Gasteiger partial charge in [-0.15, -0.1) is 0 Å². The molecule has 0 N–H and O–H groups in total. The molecule has 1 unspecified atom stereocenters. The maximum atomic E-state index is 5.93. The largest absolute Gasteiger partial charge is 0.240 e. The van der Waals surface area contributed by atoms with E-state index < -0.39 is 7.42 Å². The van der Waals surface area contributed by atoms with Crippen LogP contribution in [-0.2, 0) is 6.42 Å². The van der Waals surface area contributed by atoms with Crippen LogP contribution in [0.5, 0.6) is 0 Å². The molecule has 3 heteroatoms. The Morgan fingerprint density at radius 3 is 2.46 bits per heavy atom. The van der Waals surface area contributed by atoms with Crippen LogP contribution in [0.2, 0.25) is 5.54 Å². The van der Waals surface area contributed by atoms with Gasteiger partial charge in [0.05, 0.1) is 0 Å². The average molecular weight is 233 g/mol. The Bertz CT molecular complexity index is 273. The topological polar surface area (TPSA) is 0 Å². The number of hydrogen-bond donors (Lipinski definition) is 0. The summed E-state index contributed by atoms with van der Waals surface area (Å²) < 4.78 is 0. The van der Waals surface area contributed by atoms with E-state index in [-0.39, 0.29) is 0 Å². The van der Waals surface area contributed by atoms with E-state index in [1.807, 2.05) is 0 Å². The lowest BCUT2D eigenvalue weighted by molar-refractivity contribution is 0.900. The van der Waals surface area contributed by atoms with Gasteiger partial charge in [0.1, 0.15) is 0 Å². The summed E-state index contributed by atoms with van der Waals surface area (Å²) in [6, 6.07) is 8.39. The molecule has 0 saturated carbocycles. The first-order chi connectivity index (χ1) is 6.11. The first kappa shape index (κ1) is 11.1. The second kappa shape index (κ2) is 5.04. The quantitative estimate of drug-likeness (QED) is 0.552. The Morgan fingerprint density at radius 2 is 1.92 bits per heavy atom. The van der Waals surface area contributed by atoms with Crippen molar-refractivity contribution in [2.75, 3.05) is 0 Å². The Morgan fingerprint density at radius 1 is 1.31 bits per heavy atom. The third-order valence-electron chi connectivity index (χ3n) is 2.23. The molecule has 0 bridgehead atoms. The predicted molar refractivity (Wildman–Crippen MR) is 63.2 cm³/mol. The van der Waals surface area contributed by atoms with Gasteiger partial charge in [-0.2, -0.15) is 22.2 Å². The van der Waals surface area contributed by atoms with Gasteiger partial charge in [0.2, 0.25) is 7.42 Å². The van der Waals surface area contributed by atoms with Gasteiger partial charge in [0.25, 0.3) is 0 Å². The van der Waals surface area contributed by atoms with Gasteiger partial charge in [-0.3, -0.25) is 0 Å². The highest BCUT2D eigenvalue weighted by atomic mass is 35.7. The molecular formula is C10H14Cl2Si. The molecule has 0 nitrogen and oxygen atoms in total. The zero-order valence-corrected chi connectivity index (χ0v) is 10.6. The molecule has 1 aromatic carbocycles. The van der Waals surface area contributed by atoms with Crippen molar-refractivity contribution in [1.29, 1.82) is 0 Å². The predicted octanol–water partition coefficient (Wildman–Crippen LogP) is 3.63. The molecule has 1 rings (SSSR count). The minimum absolute atomic E-state index is 0.449. The van der Waals surface area contributed by atoms with E-state index in [1.165, 1.54) is 11.1 Å². The summed E-state index contributed by atoms with van der Waals surface area (Å²) in [5.74, 6) is 0. The first-order valence-electron chi connectivity index (χ1n) is 4.44. The summed E-state index contributed by atoms with van der Waals surface area (Å²) in [4.78, 5) is 0. The van der Waals surface area contributed by atoms with Gasteiger partial charge in [-0.25, -0.2) is 0 Å². The van der Waals surface area contributed by atoms with E-state index in [0.29, 0.717) is 5.54 Å². The van der Waals surface area contributed by atoms with Crippen molar-refractivity contribution in [2.45, 2.75) is 25.8 Å². The van der Waals surface area contributed by atoms with Gasteiger partial charge >= 0.3 is 0 Å².